The van der Waals surface area contributed by atoms with Gasteiger partial charge in [-0.3, -0.25) is 4.98 Å². The third-order valence-electron chi connectivity index (χ3n) is 3.03. The molecule has 2 aromatic rings. The predicted molar refractivity (Wildman–Crippen MR) is 77.1 cm³/mol. The van der Waals surface area contributed by atoms with Crippen LogP contribution < -0.4 is 10.5 Å². The number of aryl methyl sites for hydroxylation is 1. The average molecular weight is 256 g/mol. The molecule has 1 aromatic carbocycles. The first-order valence-electron chi connectivity index (χ1n) is 6.63. The smallest absolute Gasteiger partial charge is 0.124 e. The van der Waals surface area contributed by atoms with Crippen molar-refractivity contribution in [2.24, 2.45) is 5.73 Å². The van der Waals surface area contributed by atoms with Gasteiger partial charge in [-0.1, -0.05) is 18.2 Å². The first-order chi connectivity index (χ1) is 9.27. The maximum absolute atomic E-state index is 5.92. The SMILES string of the molecule is C[C@@H](N)c1ccccc1OCCCc1ccncc1. The van der Waals surface area contributed by atoms with Crippen LogP contribution in [0.3, 0.4) is 0 Å². The van der Waals surface area contributed by atoms with Gasteiger partial charge in [0.2, 0.25) is 0 Å². The lowest BCUT2D eigenvalue weighted by atomic mass is 10.1. The summed E-state index contributed by atoms with van der Waals surface area (Å²) in [6.07, 6.45) is 5.63. The highest BCUT2D eigenvalue weighted by Gasteiger charge is 2.06. The zero-order chi connectivity index (χ0) is 13.5. The van der Waals surface area contributed by atoms with Crippen LogP contribution in [-0.2, 0) is 6.42 Å². The number of benzene rings is 1. The van der Waals surface area contributed by atoms with E-state index in [2.05, 4.69) is 4.98 Å². The van der Waals surface area contributed by atoms with Crippen molar-refractivity contribution in [3.05, 3.63) is 59.9 Å². The van der Waals surface area contributed by atoms with Crippen molar-refractivity contribution >= 4 is 0 Å². The Labute approximate surface area is 114 Å². The molecule has 1 aromatic heterocycles. The van der Waals surface area contributed by atoms with Crippen molar-refractivity contribution in [3.8, 4) is 5.75 Å². The number of hydrogen-bond acceptors (Lipinski definition) is 3. The van der Waals surface area contributed by atoms with E-state index >= 15 is 0 Å². The van der Waals surface area contributed by atoms with Crippen LogP contribution in [0, 0.1) is 0 Å². The molecule has 0 saturated carbocycles. The molecule has 0 spiro atoms. The summed E-state index contributed by atoms with van der Waals surface area (Å²) in [5, 5.41) is 0. The number of nitrogens with two attached hydrogens (primary N) is 1. The molecule has 0 bridgehead atoms. The van der Waals surface area contributed by atoms with E-state index in [0.717, 1.165) is 24.2 Å². The van der Waals surface area contributed by atoms with Crippen molar-refractivity contribution in [1.29, 1.82) is 0 Å². The van der Waals surface area contributed by atoms with Gasteiger partial charge in [-0.05, 0) is 43.5 Å². The van der Waals surface area contributed by atoms with Crippen molar-refractivity contribution in [2.75, 3.05) is 6.61 Å². The van der Waals surface area contributed by atoms with E-state index < -0.39 is 0 Å². The van der Waals surface area contributed by atoms with E-state index in [1.807, 2.05) is 55.7 Å². The maximum atomic E-state index is 5.92. The summed E-state index contributed by atoms with van der Waals surface area (Å²) in [4.78, 5) is 4.01. The first kappa shape index (κ1) is 13.6. The highest BCUT2D eigenvalue weighted by Crippen LogP contribution is 2.23. The molecule has 0 saturated heterocycles. The van der Waals surface area contributed by atoms with Crippen molar-refractivity contribution < 1.29 is 4.74 Å². The Morgan fingerprint density at radius 2 is 1.89 bits per heavy atom. The topological polar surface area (TPSA) is 48.1 Å². The summed E-state index contributed by atoms with van der Waals surface area (Å²) in [5.41, 5.74) is 8.28. The molecule has 0 aliphatic carbocycles. The van der Waals surface area contributed by atoms with Gasteiger partial charge in [-0.15, -0.1) is 0 Å². The number of aromatic nitrogens is 1. The molecule has 100 valence electrons. The summed E-state index contributed by atoms with van der Waals surface area (Å²) in [6.45, 7) is 2.67. The molecule has 0 radical (unpaired) electrons. The van der Waals surface area contributed by atoms with E-state index in [1.165, 1.54) is 5.56 Å². The normalized spacial score (nSPS) is 12.1. The Hall–Kier alpha value is -1.87. The minimum absolute atomic E-state index is 0.00334. The molecule has 0 unspecified atom stereocenters. The second-order valence-corrected chi connectivity index (χ2v) is 4.63. The third-order valence-corrected chi connectivity index (χ3v) is 3.03. The van der Waals surface area contributed by atoms with E-state index in [9.17, 15) is 0 Å². The van der Waals surface area contributed by atoms with Crippen LogP contribution >= 0.6 is 0 Å². The van der Waals surface area contributed by atoms with Gasteiger partial charge in [-0.2, -0.15) is 0 Å². The fraction of sp³-hybridized carbons (Fsp3) is 0.312. The Bertz CT molecular complexity index is 497. The maximum Gasteiger partial charge on any atom is 0.124 e. The van der Waals surface area contributed by atoms with Gasteiger partial charge in [0.1, 0.15) is 5.75 Å². The Morgan fingerprint density at radius 1 is 1.16 bits per heavy atom. The lowest BCUT2D eigenvalue weighted by Crippen LogP contribution is -2.08. The van der Waals surface area contributed by atoms with Gasteiger partial charge < -0.3 is 10.5 Å². The molecule has 0 aliphatic rings. The first-order valence-corrected chi connectivity index (χ1v) is 6.63. The number of rotatable bonds is 6. The van der Waals surface area contributed by atoms with Crippen LogP contribution in [0.15, 0.2) is 48.8 Å². The van der Waals surface area contributed by atoms with Gasteiger partial charge in [0.05, 0.1) is 6.61 Å². The predicted octanol–water partition coefficient (Wildman–Crippen LogP) is 3.11. The number of hydrogen-bond donors (Lipinski definition) is 1. The van der Waals surface area contributed by atoms with Crippen LogP contribution in [-0.4, -0.2) is 11.6 Å². The minimum Gasteiger partial charge on any atom is -0.493 e. The lowest BCUT2D eigenvalue weighted by molar-refractivity contribution is 0.306. The van der Waals surface area contributed by atoms with Gasteiger partial charge in [0.25, 0.3) is 0 Å². The largest absolute Gasteiger partial charge is 0.493 e. The number of para-hydroxylation sites is 1. The molecule has 19 heavy (non-hydrogen) atoms. The number of pyridine rings is 1. The van der Waals surface area contributed by atoms with Crippen molar-refractivity contribution in [1.82, 2.24) is 4.98 Å². The monoisotopic (exact) mass is 256 g/mol. The Kier molecular flexibility index (Phi) is 4.93. The summed E-state index contributed by atoms with van der Waals surface area (Å²) in [6, 6.07) is 12.0. The van der Waals surface area contributed by atoms with Crippen LogP contribution in [0.2, 0.25) is 0 Å². The van der Waals surface area contributed by atoms with E-state index in [4.69, 9.17) is 10.5 Å². The molecule has 0 aliphatic heterocycles. The molecule has 0 amide bonds. The van der Waals surface area contributed by atoms with E-state index in [-0.39, 0.29) is 6.04 Å². The zero-order valence-electron chi connectivity index (χ0n) is 11.3. The second-order valence-electron chi connectivity index (χ2n) is 4.63. The van der Waals surface area contributed by atoms with Gasteiger partial charge in [0.15, 0.2) is 0 Å². The summed E-state index contributed by atoms with van der Waals surface area (Å²) in [5.74, 6) is 0.896. The molecule has 0 fully saturated rings. The van der Waals surface area contributed by atoms with Gasteiger partial charge in [0, 0.05) is 24.0 Å². The molecular weight excluding hydrogens is 236 g/mol. The summed E-state index contributed by atoms with van der Waals surface area (Å²) in [7, 11) is 0. The summed E-state index contributed by atoms with van der Waals surface area (Å²) < 4.78 is 5.82. The Morgan fingerprint density at radius 3 is 2.63 bits per heavy atom. The molecular formula is C16H20N2O. The average Bonchev–Trinajstić information content (AvgIpc) is 2.45. The molecule has 3 heteroatoms. The minimum atomic E-state index is -0.00334. The number of ether oxygens (including phenoxy) is 1. The molecule has 2 rings (SSSR count). The zero-order valence-corrected chi connectivity index (χ0v) is 11.3. The van der Waals surface area contributed by atoms with Gasteiger partial charge >= 0.3 is 0 Å². The standard InChI is InChI=1S/C16H20N2O/c1-13(17)15-6-2-3-7-16(15)19-12-4-5-14-8-10-18-11-9-14/h2-3,6-11,13H,4-5,12,17H2,1H3/t13-/m1/s1. The van der Waals surface area contributed by atoms with Gasteiger partial charge in [-0.25, -0.2) is 0 Å². The number of nitrogens with zero attached hydrogens (tertiary/aromatic N) is 1. The third kappa shape index (κ3) is 4.07. The van der Waals surface area contributed by atoms with Crippen molar-refractivity contribution in [3.63, 3.8) is 0 Å². The van der Waals surface area contributed by atoms with E-state index in [1.54, 1.807) is 0 Å². The van der Waals surface area contributed by atoms with Crippen LogP contribution in [0.25, 0.3) is 0 Å². The fourth-order valence-electron chi connectivity index (χ4n) is 2.00. The lowest BCUT2D eigenvalue weighted by Gasteiger charge is -2.13. The summed E-state index contributed by atoms with van der Waals surface area (Å²) >= 11 is 0. The molecule has 1 heterocycles. The molecule has 2 N–H and O–H groups in total. The van der Waals surface area contributed by atoms with Crippen LogP contribution in [0.1, 0.15) is 30.5 Å². The highest BCUT2D eigenvalue weighted by molar-refractivity contribution is 5.35. The quantitative estimate of drug-likeness (QED) is 0.808. The molecule has 3 nitrogen and oxygen atoms in total. The highest BCUT2D eigenvalue weighted by atomic mass is 16.5. The van der Waals surface area contributed by atoms with Crippen molar-refractivity contribution in [2.45, 2.75) is 25.8 Å². The Balaban J connectivity index is 1.83. The van der Waals surface area contributed by atoms with E-state index in [0.29, 0.717) is 6.61 Å². The molecule has 1 atom stereocenters. The van der Waals surface area contributed by atoms with Crippen LogP contribution in [0.4, 0.5) is 0 Å². The van der Waals surface area contributed by atoms with Crippen LogP contribution in [0.5, 0.6) is 5.75 Å². The fourth-order valence-corrected chi connectivity index (χ4v) is 2.00. The second kappa shape index (κ2) is 6.90.